The first kappa shape index (κ1) is 18.1. The normalized spacial score (nSPS) is 11.4. The molecule has 0 aliphatic rings. The highest BCUT2D eigenvalue weighted by molar-refractivity contribution is 6.43. The summed E-state index contributed by atoms with van der Waals surface area (Å²) in [5, 5.41) is 9.92. The van der Waals surface area contributed by atoms with E-state index in [-0.39, 0.29) is 18.1 Å². The number of carbonyl (C=O) groups is 1. The lowest BCUT2D eigenvalue weighted by Gasteiger charge is -2.05. The standard InChI is InChI=1S/C18H15Cl2NO3/c1-11(2)10-23-18(22)12(9-21)8-13-6-7-16(24-13)14-4-3-5-15(19)17(14)20/h3-8,11H,10H2,1-2H3. The largest absolute Gasteiger partial charge is 0.461 e. The van der Waals surface area contributed by atoms with Crippen LogP contribution in [0.3, 0.4) is 0 Å². The lowest BCUT2D eigenvalue weighted by molar-refractivity contribution is -0.139. The van der Waals surface area contributed by atoms with Crippen molar-refractivity contribution >= 4 is 35.2 Å². The first-order chi connectivity index (χ1) is 11.4. The number of hydrogen-bond acceptors (Lipinski definition) is 4. The molecular formula is C18H15Cl2NO3. The summed E-state index contributed by atoms with van der Waals surface area (Å²) < 4.78 is 10.7. The van der Waals surface area contributed by atoms with Crippen LogP contribution in [0.1, 0.15) is 19.6 Å². The van der Waals surface area contributed by atoms with Gasteiger partial charge in [0.25, 0.3) is 0 Å². The number of furan rings is 1. The number of rotatable bonds is 5. The molecule has 0 N–H and O–H groups in total. The highest BCUT2D eigenvalue weighted by atomic mass is 35.5. The van der Waals surface area contributed by atoms with Crippen LogP contribution in [-0.2, 0) is 9.53 Å². The van der Waals surface area contributed by atoms with Gasteiger partial charge in [-0.1, -0.05) is 43.1 Å². The van der Waals surface area contributed by atoms with Crippen LogP contribution >= 0.6 is 23.2 Å². The van der Waals surface area contributed by atoms with Crippen molar-refractivity contribution in [1.29, 1.82) is 5.26 Å². The van der Waals surface area contributed by atoms with E-state index >= 15 is 0 Å². The molecule has 0 fully saturated rings. The average Bonchev–Trinajstić information content (AvgIpc) is 3.01. The fraction of sp³-hybridized carbons (Fsp3) is 0.222. The lowest BCUT2D eigenvalue weighted by Crippen LogP contribution is -2.11. The van der Waals surface area contributed by atoms with Gasteiger partial charge in [-0.25, -0.2) is 4.79 Å². The fourth-order valence-electron chi connectivity index (χ4n) is 1.87. The summed E-state index contributed by atoms with van der Waals surface area (Å²) in [5.74, 6) is 0.347. The Kier molecular flexibility index (Phi) is 6.08. The van der Waals surface area contributed by atoms with E-state index in [0.717, 1.165) is 0 Å². The molecule has 124 valence electrons. The molecule has 0 radical (unpaired) electrons. The smallest absolute Gasteiger partial charge is 0.349 e. The van der Waals surface area contributed by atoms with Crippen molar-refractivity contribution in [3.63, 3.8) is 0 Å². The zero-order valence-corrected chi connectivity index (χ0v) is 14.7. The van der Waals surface area contributed by atoms with Gasteiger partial charge in [0, 0.05) is 11.6 Å². The van der Waals surface area contributed by atoms with E-state index in [2.05, 4.69) is 0 Å². The third-order valence-corrected chi connectivity index (χ3v) is 3.84. The maximum Gasteiger partial charge on any atom is 0.349 e. The summed E-state index contributed by atoms with van der Waals surface area (Å²) in [7, 11) is 0. The van der Waals surface area contributed by atoms with Gasteiger partial charge in [-0.15, -0.1) is 0 Å². The number of nitriles is 1. The Bertz CT molecular complexity index is 816. The molecule has 1 aromatic heterocycles. The first-order valence-electron chi connectivity index (χ1n) is 7.25. The Balaban J connectivity index is 2.24. The van der Waals surface area contributed by atoms with E-state index in [0.29, 0.717) is 27.1 Å². The van der Waals surface area contributed by atoms with Gasteiger partial charge in [0.05, 0.1) is 16.7 Å². The predicted molar refractivity (Wildman–Crippen MR) is 93.6 cm³/mol. The molecule has 0 saturated carbocycles. The third kappa shape index (κ3) is 4.41. The monoisotopic (exact) mass is 363 g/mol. The number of carbonyl (C=O) groups excluding carboxylic acids is 1. The van der Waals surface area contributed by atoms with Crippen LogP contribution < -0.4 is 0 Å². The van der Waals surface area contributed by atoms with Crippen LogP contribution in [0, 0.1) is 17.2 Å². The van der Waals surface area contributed by atoms with E-state index in [9.17, 15) is 4.79 Å². The summed E-state index contributed by atoms with van der Waals surface area (Å²) in [4.78, 5) is 11.9. The highest BCUT2D eigenvalue weighted by Gasteiger charge is 2.14. The van der Waals surface area contributed by atoms with Gasteiger partial charge >= 0.3 is 5.97 Å². The molecule has 0 amide bonds. The maximum atomic E-state index is 11.9. The van der Waals surface area contributed by atoms with Gasteiger partial charge < -0.3 is 9.15 Å². The molecular weight excluding hydrogens is 349 g/mol. The van der Waals surface area contributed by atoms with Crippen molar-refractivity contribution in [3.05, 3.63) is 51.7 Å². The number of hydrogen-bond donors (Lipinski definition) is 0. The van der Waals surface area contributed by atoms with E-state index < -0.39 is 5.97 Å². The second kappa shape index (κ2) is 8.05. The van der Waals surface area contributed by atoms with Gasteiger partial charge in [-0.2, -0.15) is 5.26 Å². The first-order valence-corrected chi connectivity index (χ1v) is 8.01. The van der Waals surface area contributed by atoms with E-state index in [4.69, 9.17) is 37.6 Å². The summed E-state index contributed by atoms with van der Waals surface area (Å²) in [6.07, 6.45) is 1.34. The summed E-state index contributed by atoms with van der Waals surface area (Å²) >= 11 is 12.1. The van der Waals surface area contributed by atoms with Gasteiger partial charge in [0.15, 0.2) is 0 Å². The number of halogens is 2. The molecule has 0 aliphatic heterocycles. The molecule has 4 nitrogen and oxygen atoms in total. The van der Waals surface area contributed by atoms with Crippen molar-refractivity contribution in [2.75, 3.05) is 6.61 Å². The highest BCUT2D eigenvalue weighted by Crippen LogP contribution is 2.34. The summed E-state index contributed by atoms with van der Waals surface area (Å²) in [6, 6.07) is 10.4. The predicted octanol–water partition coefficient (Wildman–Crippen LogP) is 5.36. The van der Waals surface area contributed by atoms with Crippen molar-refractivity contribution in [1.82, 2.24) is 0 Å². The van der Waals surface area contributed by atoms with Crippen LogP contribution in [0.2, 0.25) is 10.0 Å². The Morgan fingerprint density at radius 1 is 1.33 bits per heavy atom. The number of ether oxygens (including phenoxy) is 1. The zero-order valence-electron chi connectivity index (χ0n) is 13.2. The Labute approximate surface area is 150 Å². The minimum absolute atomic E-state index is 0.131. The quantitative estimate of drug-likeness (QED) is 0.407. The third-order valence-electron chi connectivity index (χ3n) is 3.02. The zero-order chi connectivity index (χ0) is 17.7. The fourth-order valence-corrected chi connectivity index (χ4v) is 2.26. The number of nitrogens with zero attached hydrogens (tertiary/aromatic N) is 1. The van der Waals surface area contributed by atoms with Crippen LogP contribution in [-0.4, -0.2) is 12.6 Å². The Morgan fingerprint density at radius 2 is 2.08 bits per heavy atom. The van der Waals surface area contributed by atoms with Gasteiger partial charge in [-0.3, -0.25) is 0 Å². The second-order valence-electron chi connectivity index (χ2n) is 5.47. The lowest BCUT2D eigenvalue weighted by atomic mass is 10.2. The topological polar surface area (TPSA) is 63.2 Å². The molecule has 0 spiro atoms. The number of benzene rings is 1. The van der Waals surface area contributed by atoms with Crippen LogP contribution in [0.25, 0.3) is 17.4 Å². The van der Waals surface area contributed by atoms with Crippen LogP contribution in [0.5, 0.6) is 0 Å². The molecule has 24 heavy (non-hydrogen) atoms. The SMILES string of the molecule is CC(C)COC(=O)C(C#N)=Cc1ccc(-c2cccc(Cl)c2Cl)o1. The van der Waals surface area contributed by atoms with Crippen molar-refractivity contribution in [3.8, 4) is 17.4 Å². The van der Waals surface area contributed by atoms with E-state index in [1.54, 1.807) is 30.3 Å². The Morgan fingerprint density at radius 3 is 2.75 bits per heavy atom. The van der Waals surface area contributed by atoms with E-state index in [1.165, 1.54) is 6.08 Å². The molecule has 0 aliphatic carbocycles. The minimum Gasteiger partial charge on any atom is -0.461 e. The van der Waals surface area contributed by atoms with Crippen LogP contribution in [0.15, 0.2) is 40.3 Å². The van der Waals surface area contributed by atoms with E-state index in [1.807, 2.05) is 19.9 Å². The van der Waals surface area contributed by atoms with Crippen molar-refractivity contribution < 1.29 is 13.9 Å². The second-order valence-corrected chi connectivity index (χ2v) is 6.25. The molecule has 2 aromatic rings. The molecule has 6 heteroatoms. The van der Waals surface area contributed by atoms with Crippen molar-refractivity contribution in [2.24, 2.45) is 5.92 Å². The van der Waals surface area contributed by atoms with Crippen molar-refractivity contribution in [2.45, 2.75) is 13.8 Å². The van der Waals surface area contributed by atoms with Crippen LogP contribution in [0.4, 0.5) is 0 Å². The van der Waals surface area contributed by atoms with Gasteiger partial charge in [-0.05, 0) is 30.2 Å². The molecule has 0 atom stereocenters. The number of esters is 1. The minimum atomic E-state index is -0.676. The molecule has 0 bridgehead atoms. The average molecular weight is 364 g/mol. The maximum absolute atomic E-state index is 11.9. The summed E-state index contributed by atoms with van der Waals surface area (Å²) in [6.45, 7) is 4.08. The summed E-state index contributed by atoms with van der Waals surface area (Å²) in [5.41, 5.74) is 0.499. The molecule has 0 unspecified atom stereocenters. The molecule has 0 saturated heterocycles. The molecule has 1 heterocycles. The molecule has 2 rings (SSSR count). The Hall–Kier alpha value is -2.22. The van der Waals surface area contributed by atoms with Gasteiger partial charge in [0.1, 0.15) is 23.2 Å². The van der Waals surface area contributed by atoms with Gasteiger partial charge in [0.2, 0.25) is 0 Å². The molecule has 1 aromatic carbocycles.